The average Bonchev–Trinajstić information content (AvgIpc) is 3.11. The van der Waals surface area contributed by atoms with Gasteiger partial charge in [0.1, 0.15) is 11.5 Å². The number of carbonyl (C=O) groups excluding carboxylic acids is 2. The van der Waals surface area contributed by atoms with Gasteiger partial charge in [-0.2, -0.15) is 13.2 Å². The molecule has 2 rings (SSSR count). The molecule has 0 aliphatic rings. The van der Waals surface area contributed by atoms with Crippen molar-refractivity contribution in [3.63, 3.8) is 0 Å². The van der Waals surface area contributed by atoms with Crippen LogP contribution in [0.3, 0.4) is 0 Å². The second-order valence-electron chi connectivity index (χ2n) is 7.64. The van der Waals surface area contributed by atoms with Gasteiger partial charge in [-0.05, 0) is 29.0 Å². The molecule has 0 aliphatic heterocycles. The quantitative estimate of drug-likeness (QED) is 0.386. The highest BCUT2D eigenvalue weighted by Gasteiger charge is 2.28. The van der Waals surface area contributed by atoms with Crippen molar-refractivity contribution in [1.29, 1.82) is 0 Å². The Balaban J connectivity index is 0.00000121. The molecule has 1 heterocycles. The van der Waals surface area contributed by atoms with Gasteiger partial charge in [-0.1, -0.05) is 70.8 Å². The summed E-state index contributed by atoms with van der Waals surface area (Å²) in [7, 11) is 0. The lowest BCUT2D eigenvalue weighted by molar-refractivity contribution is -0.123. The van der Waals surface area contributed by atoms with Crippen LogP contribution < -0.4 is 16.0 Å². The number of nitrogens with one attached hydrogen (secondary N) is 3. The van der Waals surface area contributed by atoms with Crippen molar-refractivity contribution in [2.75, 3.05) is 17.2 Å². The van der Waals surface area contributed by atoms with Gasteiger partial charge in [0, 0.05) is 0 Å². The fraction of sp³-hybridized carbons (Fsp3) is 0.429. The third-order valence-electron chi connectivity index (χ3n) is 2.79. The van der Waals surface area contributed by atoms with Crippen LogP contribution in [0, 0.1) is 5.41 Å². The van der Waals surface area contributed by atoms with Crippen LogP contribution in [0.4, 0.5) is 28.7 Å². The number of benzene rings is 1. The largest absolute Gasteiger partial charge is 0.405 e. The SMILES string of the molecule is CC.CC(C)(C)C.O=C(Nc1cccc(Cl)c1Cl)Nc1sccc1C(=O)NCC(F)(F)F. The molecule has 0 fully saturated rings. The average molecular weight is 514 g/mol. The Morgan fingerprint density at radius 2 is 1.56 bits per heavy atom. The first-order valence-electron chi connectivity index (χ1n) is 9.62. The van der Waals surface area contributed by atoms with Gasteiger partial charge in [0.05, 0.1) is 21.3 Å². The number of carbonyl (C=O) groups is 2. The first-order chi connectivity index (χ1) is 14.7. The topological polar surface area (TPSA) is 70.2 Å². The Kier molecular flexibility index (Phi) is 12.7. The maximum atomic E-state index is 12.2. The summed E-state index contributed by atoms with van der Waals surface area (Å²) in [6, 6.07) is 5.20. The molecule has 0 unspecified atom stereocenters. The molecule has 32 heavy (non-hydrogen) atoms. The molecule has 11 heteroatoms. The summed E-state index contributed by atoms with van der Waals surface area (Å²) in [5.74, 6) is -0.949. The van der Waals surface area contributed by atoms with E-state index in [-0.39, 0.29) is 26.3 Å². The Labute approximate surface area is 200 Å². The lowest BCUT2D eigenvalue weighted by Gasteiger charge is -2.11. The lowest BCUT2D eigenvalue weighted by Crippen LogP contribution is -2.34. The minimum atomic E-state index is -4.53. The summed E-state index contributed by atoms with van der Waals surface area (Å²) < 4.78 is 36.5. The Morgan fingerprint density at radius 3 is 2.09 bits per heavy atom. The fourth-order valence-corrected chi connectivity index (χ4v) is 2.84. The number of amides is 3. The number of hydrogen-bond donors (Lipinski definition) is 3. The van der Waals surface area contributed by atoms with Crippen molar-refractivity contribution in [2.45, 2.75) is 47.7 Å². The van der Waals surface area contributed by atoms with Crippen LogP contribution in [-0.2, 0) is 0 Å². The van der Waals surface area contributed by atoms with E-state index in [1.807, 2.05) is 13.8 Å². The molecule has 0 atom stereocenters. The van der Waals surface area contributed by atoms with Crippen LogP contribution in [0.5, 0.6) is 0 Å². The Bertz CT molecular complexity index is 876. The number of rotatable bonds is 4. The van der Waals surface area contributed by atoms with E-state index in [0.717, 1.165) is 11.3 Å². The lowest BCUT2D eigenvalue weighted by atomic mass is 10.0. The molecule has 0 bridgehead atoms. The zero-order chi connectivity index (χ0) is 25.1. The molecule has 1 aromatic heterocycles. The number of hydrogen-bond acceptors (Lipinski definition) is 3. The van der Waals surface area contributed by atoms with Crippen LogP contribution in [0.2, 0.25) is 10.0 Å². The molecule has 180 valence electrons. The minimum Gasteiger partial charge on any atom is -0.343 e. The fourth-order valence-electron chi connectivity index (χ4n) is 1.72. The van der Waals surface area contributed by atoms with Gasteiger partial charge < -0.3 is 10.6 Å². The van der Waals surface area contributed by atoms with E-state index in [4.69, 9.17) is 23.2 Å². The molecule has 1 aromatic carbocycles. The van der Waals surface area contributed by atoms with Gasteiger partial charge in [0.15, 0.2) is 0 Å². The molecular weight excluding hydrogens is 486 g/mol. The molecule has 0 saturated heterocycles. The minimum absolute atomic E-state index is 0.0819. The molecular formula is C21H28Cl2F3N3O2S. The number of anilines is 2. The number of halogens is 5. The van der Waals surface area contributed by atoms with Crippen LogP contribution in [0.1, 0.15) is 51.9 Å². The summed E-state index contributed by atoms with van der Waals surface area (Å²) in [5, 5.41) is 8.49. The Hall–Kier alpha value is -1.97. The van der Waals surface area contributed by atoms with E-state index < -0.39 is 24.7 Å². The summed E-state index contributed by atoms with van der Waals surface area (Å²) in [6.45, 7) is 11.3. The van der Waals surface area contributed by atoms with Crippen molar-refractivity contribution in [3.8, 4) is 0 Å². The first-order valence-corrected chi connectivity index (χ1v) is 11.3. The first kappa shape index (κ1) is 30.0. The maximum absolute atomic E-state index is 12.2. The second kappa shape index (κ2) is 13.5. The van der Waals surface area contributed by atoms with Gasteiger partial charge in [0.2, 0.25) is 0 Å². The highest BCUT2D eigenvalue weighted by atomic mass is 35.5. The van der Waals surface area contributed by atoms with Crippen molar-refractivity contribution in [1.82, 2.24) is 5.32 Å². The van der Waals surface area contributed by atoms with Crippen molar-refractivity contribution in [3.05, 3.63) is 45.3 Å². The van der Waals surface area contributed by atoms with Gasteiger partial charge in [-0.25, -0.2) is 4.79 Å². The zero-order valence-corrected chi connectivity index (χ0v) is 21.0. The van der Waals surface area contributed by atoms with Crippen LogP contribution in [0.25, 0.3) is 0 Å². The zero-order valence-electron chi connectivity index (χ0n) is 18.7. The molecule has 3 N–H and O–H groups in total. The normalized spacial score (nSPS) is 10.7. The molecule has 0 aliphatic carbocycles. The molecule has 2 aromatic rings. The highest BCUT2D eigenvalue weighted by Crippen LogP contribution is 2.30. The second-order valence-corrected chi connectivity index (χ2v) is 9.34. The monoisotopic (exact) mass is 513 g/mol. The molecule has 3 amide bonds. The molecule has 0 radical (unpaired) electrons. The highest BCUT2D eigenvalue weighted by molar-refractivity contribution is 7.14. The van der Waals surface area contributed by atoms with E-state index >= 15 is 0 Å². The van der Waals surface area contributed by atoms with E-state index in [9.17, 15) is 22.8 Å². The third-order valence-corrected chi connectivity index (χ3v) is 4.43. The Morgan fingerprint density at radius 1 is 1.00 bits per heavy atom. The van der Waals surface area contributed by atoms with Crippen LogP contribution in [0.15, 0.2) is 29.6 Å². The van der Waals surface area contributed by atoms with Crippen molar-refractivity contribution >= 4 is 57.2 Å². The summed E-state index contributed by atoms with van der Waals surface area (Å²) in [4.78, 5) is 23.8. The summed E-state index contributed by atoms with van der Waals surface area (Å²) in [6.07, 6.45) is -4.53. The molecule has 5 nitrogen and oxygen atoms in total. The van der Waals surface area contributed by atoms with Gasteiger partial charge in [-0.15, -0.1) is 11.3 Å². The van der Waals surface area contributed by atoms with E-state index in [1.54, 1.807) is 11.4 Å². The van der Waals surface area contributed by atoms with Crippen LogP contribution >= 0.6 is 34.5 Å². The molecule has 0 spiro atoms. The van der Waals surface area contributed by atoms with E-state index in [2.05, 4.69) is 38.3 Å². The maximum Gasteiger partial charge on any atom is 0.405 e. The predicted molar refractivity (Wildman–Crippen MR) is 128 cm³/mol. The number of urea groups is 1. The van der Waals surface area contributed by atoms with Gasteiger partial charge >= 0.3 is 12.2 Å². The third kappa shape index (κ3) is 12.8. The van der Waals surface area contributed by atoms with Crippen molar-refractivity contribution in [2.24, 2.45) is 5.41 Å². The van der Waals surface area contributed by atoms with Gasteiger partial charge in [0.25, 0.3) is 5.91 Å². The van der Waals surface area contributed by atoms with Gasteiger partial charge in [-0.3, -0.25) is 10.1 Å². The van der Waals surface area contributed by atoms with E-state index in [1.165, 1.54) is 23.6 Å². The summed E-state index contributed by atoms with van der Waals surface area (Å²) >= 11 is 12.8. The molecule has 0 saturated carbocycles. The number of alkyl halides is 3. The van der Waals surface area contributed by atoms with Crippen LogP contribution in [-0.4, -0.2) is 24.7 Å². The van der Waals surface area contributed by atoms with Crippen molar-refractivity contribution < 1.29 is 22.8 Å². The predicted octanol–water partition coefficient (Wildman–Crippen LogP) is 8.07. The number of thiophene rings is 1. The standard InChI is InChI=1S/C14H10Cl2F3N3O2S.C5H12.C2H6/c15-8-2-1-3-9(10(8)16)21-13(24)22-12-7(4-5-25-12)11(23)20-6-14(17,18)19;1-5(2,3)4;1-2/h1-5H,6H2,(H,20,23)(H2,21,22,24);1-4H3;1-2H3. The van der Waals surface area contributed by atoms with E-state index in [0.29, 0.717) is 5.41 Å². The smallest absolute Gasteiger partial charge is 0.343 e. The summed E-state index contributed by atoms with van der Waals surface area (Å²) in [5.41, 5.74) is 0.660.